The molecule has 1 amide bonds. The van der Waals surface area contributed by atoms with E-state index in [1.54, 1.807) is 0 Å². The van der Waals surface area contributed by atoms with Crippen LogP contribution >= 0.6 is 0 Å². The van der Waals surface area contributed by atoms with E-state index in [4.69, 9.17) is 10.5 Å². The number of anilines is 1. The number of halogens is 2. The minimum atomic E-state index is -1.04. The van der Waals surface area contributed by atoms with Crippen LogP contribution in [-0.4, -0.2) is 50.2 Å². The van der Waals surface area contributed by atoms with Gasteiger partial charge in [0.1, 0.15) is 11.4 Å². The van der Waals surface area contributed by atoms with Crippen LogP contribution in [0.15, 0.2) is 12.1 Å². The first kappa shape index (κ1) is 14.7. The van der Waals surface area contributed by atoms with Crippen LogP contribution in [0.4, 0.5) is 14.5 Å². The summed E-state index contributed by atoms with van der Waals surface area (Å²) in [5.74, 6) is -2.80. The Balaban J connectivity index is 2.00. The van der Waals surface area contributed by atoms with Crippen molar-refractivity contribution in [3.8, 4) is 0 Å². The average molecular weight is 285 g/mol. The Bertz CT molecular complexity index is 511. The zero-order valence-electron chi connectivity index (χ0n) is 11.2. The molecule has 0 aliphatic carbocycles. The lowest BCUT2D eigenvalue weighted by molar-refractivity contribution is -0.0175. The highest BCUT2D eigenvalue weighted by Crippen LogP contribution is 2.18. The van der Waals surface area contributed by atoms with Crippen molar-refractivity contribution in [3.05, 3.63) is 29.3 Å². The largest absolute Gasteiger partial charge is 0.396 e. The van der Waals surface area contributed by atoms with Gasteiger partial charge in [-0.05, 0) is 19.2 Å². The minimum absolute atomic E-state index is 0.190. The highest BCUT2D eigenvalue weighted by Gasteiger charge is 2.22. The first-order valence-electron chi connectivity index (χ1n) is 6.31. The number of carbonyl (C=O) groups is 1. The van der Waals surface area contributed by atoms with Gasteiger partial charge in [-0.2, -0.15) is 0 Å². The molecule has 1 unspecified atom stereocenters. The van der Waals surface area contributed by atoms with Crippen molar-refractivity contribution in [2.24, 2.45) is 0 Å². The fourth-order valence-electron chi connectivity index (χ4n) is 2.06. The molecule has 20 heavy (non-hydrogen) atoms. The zero-order valence-corrected chi connectivity index (χ0v) is 11.2. The second-order valence-electron chi connectivity index (χ2n) is 4.79. The van der Waals surface area contributed by atoms with E-state index in [-0.39, 0.29) is 18.3 Å². The van der Waals surface area contributed by atoms with Crippen LogP contribution in [0, 0.1) is 11.6 Å². The van der Waals surface area contributed by atoms with Crippen molar-refractivity contribution in [2.45, 2.75) is 6.10 Å². The highest BCUT2D eigenvalue weighted by atomic mass is 19.1. The number of morpholine rings is 1. The number of amides is 1. The average Bonchev–Trinajstić information content (AvgIpc) is 2.41. The molecule has 1 atom stereocenters. The summed E-state index contributed by atoms with van der Waals surface area (Å²) in [6, 6.07) is 2.05. The molecule has 2 rings (SSSR count). The lowest BCUT2D eigenvalue weighted by atomic mass is 10.1. The van der Waals surface area contributed by atoms with Crippen LogP contribution in [0.5, 0.6) is 0 Å². The molecule has 0 saturated carbocycles. The first-order chi connectivity index (χ1) is 9.49. The van der Waals surface area contributed by atoms with Crippen molar-refractivity contribution in [3.63, 3.8) is 0 Å². The molecule has 0 spiro atoms. The monoisotopic (exact) mass is 285 g/mol. The van der Waals surface area contributed by atoms with Gasteiger partial charge in [-0.3, -0.25) is 4.79 Å². The van der Waals surface area contributed by atoms with Gasteiger partial charge < -0.3 is 20.7 Å². The van der Waals surface area contributed by atoms with Crippen LogP contribution in [0.25, 0.3) is 0 Å². The number of likely N-dealkylation sites (N-methyl/N-ethyl adjacent to an activating group) is 1. The van der Waals surface area contributed by atoms with Crippen molar-refractivity contribution in [2.75, 3.05) is 39.0 Å². The van der Waals surface area contributed by atoms with Gasteiger partial charge in [0.2, 0.25) is 0 Å². The number of carbonyl (C=O) groups excluding carboxylic acids is 1. The molecule has 0 radical (unpaired) electrons. The maximum absolute atomic E-state index is 13.7. The topological polar surface area (TPSA) is 67.6 Å². The third-order valence-electron chi connectivity index (χ3n) is 3.18. The van der Waals surface area contributed by atoms with E-state index in [1.165, 1.54) is 0 Å². The number of hydrogen-bond acceptors (Lipinski definition) is 4. The highest BCUT2D eigenvalue weighted by molar-refractivity contribution is 5.95. The number of nitrogens with one attached hydrogen (secondary N) is 1. The van der Waals surface area contributed by atoms with E-state index >= 15 is 0 Å². The molecule has 3 N–H and O–H groups in total. The fourth-order valence-corrected chi connectivity index (χ4v) is 2.06. The quantitative estimate of drug-likeness (QED) is 0.798. The molecule has 1 fully saturated rings. The van der Waals surface area contributed by atoms with E-state index in [9.17, 15) is 13.6 Å². The van der Waals surface area contributed by atoms with Crippen LogP contribution in [0.1, 0.15) is 10.4 Å². The van der Waals surface area contributed by atoms with Crippen LogP contribution in [0.2, 0.25) is 0 Å². The van der Waals surface area contributed by atoms with Crippen LogP contribution in [0.3, 0.4) is 0 Å². The number of rotatable bonds is 3. The Hall–Kier alpha value is -1.73. The summed E-state index contributed by atoms with van der Waals surface area (Å²) >= 11 is 0. The summed E-state index contributed by atoms with van der Waals surface area (Å²) in [6.07, 6.45) is -0.190. The lowest BCUT2D eigenvalue weighted by Gasteiger charge is -2.30. The second-order valence-corrected chi connectivity index (χ2v) is 4.79. The number of nitrogen functional groups attached to an aromatic ring is 1. The second kappa shape index (κ2) is 6.15. The van der Waals surface area contributed by atoms with Crippen LogP contribution < -0.4 is 11.1 Å². The molecule has 0 bridgehead atoms. The summed E-state index contributed by atoms with van der Waals surface area (Å²) in [5, 5.41) is 2.47. The van der Waals surface area contributed by atoms with Crippen molar-refractivity contribution < 1.29 is 18.3 Å². The summed E-state index contributed by atoms with van der Waals surface area (Å²) < 4.78 is 32.6. The number of benzene rings is 1. The molecule has 1 aromatic rings. The molecule has 7 heteroatoms. The van der Waals surface area contributed by atoms with Crippen molar-refractivity contribution >= 4 is 11.6 Å². The molecule has 1 saturated heterocycles. The molecule has 0 aromatic heterocycles. The summed E-state index contributed by atoms with van der Waals surface area (Å²) in [7, 11) is 1.94. The Morgan fingerprint density at radius 3 is 3.00 bits per heavy atom. The SMILES string of the molecule is CN1CCOC(CNC(=O)c2c(F)ccc(N)c2F)C1. The Morgan fingerprint density at radius 2 is 2.30 bits per heavy atom. The number of nitrogens with two attached hydrogens (primary N) is 1. The Labute approximate surface area is 115 Å². The van der Waals surface area contributed by atoms with E-state index in [2.05, 4.69) is 10.2 Å². The molecule has 5 nitrogen and oxygen atoms in total. The number of hydrogen-bond donors (Lipinski definition) is 2. The van der Waals surface area contributed by atoms with Gasteiger partial charge in [0.15, 0.2) is 5.82 Å². The lowest BCUT2D eigenvalue weighted by Crippen LogP contribution is -2.46. The summed E-state index contributed by atoms with van der Waals surface area (Å²) in [4.78, 5) is 13.9. The predicted octanol–water partition coefficient (Wildman–Crippen LogP) is 0.607. The maximum Gasteiger partial charge on any atom is 0.257 e. The molecular weight excluding hydrogens is 268 g/mol. The maximum atomic E-state index is 13.7. The Morgan fingerprint density at radius 1 is 1.55 bits per heavy atom. The summed E-state index contributed by atoms with van der Waals surface area (Å²) in [5.41, 5.74) is 4.41. The minimum Gasteiger partial charge on any atom is -0.396 e. The van der Waals surface area contributed by atoms with Crippen molar-refractivity contribution in [1.29, 1.82) is 0 Å². The third-order valence-corrected chi connectivity index (χ3v) is 3.18. The number of nitrogens with zero attached hydrogens (tertiary/aromatic N) is 1. The standard InChI is InChI=1S/C13H17F2N3O2/c1-18-4-5-20-8(7-18)6-17-13(19)11-9(14)2-3-10(16)12(11)15/h2-3,8H,4-7,16H2,1H3,(H,17,19). The summed E-state index contributed by atoms with van der Waals surface area (Å²) in [6.45, 7) is 2.24. The predicted molar refractivity (Wildman–Crippen MR) is 70.3 cm³/mol. The van der Waals surface area contributed by atoms with Gasteiger partial charge in [-0.15, -0.1) is 0 Å². The first-order valence-corrected chi connectivity index (χ1v) is 6.31. The van der Waals surface area contributed by atoms with Gasteiger partial charge in [0, 0.05) is 19.6 Å². The van der Waals surface area contributed by atoms with Gasteiger partial charge in [0.25, 0.3) is 5.91 Å². The molecule has 1 aromatic carbocycles. The van der Waals surface area contributed by atoms with Gasteiger partial charge in [0.05, 0.1) is 18.4 Å². The van der Waals surface area contributed by atoms with Gasteiger partial charge in [-0.25, -0.2) is 8.78 Å². The van der Waals surface area contributed by atoms with E-state index in [1.807, 2.05) is 7.05 Å². The molecule has 110 valence electrons. The van der Waals surface area contributed by atoms with Crippen LogP contribution in [-0.2, 0) is 4.74 Å². The normalized spacial score (nSPS) is 19.9. The number of ether oxygens (including phenoxy) is 1. The Kier molecular flexibility index (Phi) is 4.51. The molecule has 1 heterocycles. The van der Waals surface area contributed by atoms with Crippen molar-refractivity contribution in [1.82, 2.24) is 10.2 Å². The van der Waals surface area contributed by atoms with E-state index in [0.29, 0.717) is 13.2 Å². The molecule has 1 aliphatic heterocycles. The third kappa shape index (κ3) is 3.23. The van der Waals surface area contributed by atoms with E-state index < -0.39 is 23.1 Å². The molecule has 1 aliphatic rings. The molecular formula is C13H17F2N3O2. The zero-order chi connectivity index (χ0) is 14.7. The smallest absolute Gasteiger partial charge is 0.257 e. The van der Waals surface area contributed by atoms with Gasteiger partial charge in [-0.1, -0.05) is 0 Å². The fraction of sp³-hybridized carbons (Fsp3) is 0.462. The van der Waals surface area contributed by atoms with Gasteiger partial charge >= 0.3 is 0 Å². The van der Waals surface area contributed by atoms with E-state index in [0.717, 1.165) is 18.7 Å².